The van der Waals surface area contributed by atoms with Crippen molar-refractivity contribution in [3.8, 4) is 6.57 Å². The summed E-state index contributed by atoms with van der Waals surface area (Å²) in [5.74, 6) is 0. The molecule has 2 heteroatoms. The molecule has 0 fully saturated rings. The Balaban J connectivity index is 2.94. The minimum absolute atomic E-state index is 0.486. The van der Waals surface area contributed by atoms with Crippen molar-refractivity contribution >= 4 is 11.6 Å². The van der Waals surface area contributed by atoms with Crippen LogP contribution in [0.25, 0.3) is 4.85 Å². The van der Waals surface area contributed by atoms with E-state index in [2.05, 4.69) is 4.85 Å². The summed E-state index contributed by atoms with van der Waals surface area (Å²) in [7, 11) is 0. The fourth-order valence-corrected chi connectivity index (χ4v) is 0.920. The smallest absolute Gasteiger partial charge is 0.0837 e. The van der Waals surface area contributed by atoms with Gasteiger partial charge in [0.2, 0.25) is 0 Å². The van der Waals surface area contributed by atoms with Gasteiger partial charge in [-0.25, -0.2) is 0 Å². The SMILES string of the molecule is C#[N+]Cc1ccccc1Cl. The third-order valence-electron chi connectivity index (χ3n) is 1.22. The van der Waals surface area contributed by atoms with Crippen molar-refractivity contribution in [3.05, 3.63) is 39.7 Å². The van der Waals surface area contributed by atoms with Crippen molar-refractivity contribution in [1.29, 1.82) is 0 Å². The number of benzene rings is 1. The standard InChI is InChI=1S/C8H7ClN/c1-10-6-7-4-2-3-5-8(7)9/h1-5H,6H2/q+1. The van der Waals surface area contributed by atoms with Crippen LogP contribution in [-0.4, -0.2) is 0 Å². The molecule has 1 nitrogen and oxygen atoms in total. The Hall–Kier alpha value is -1.00. The molecular weight excluding hydrogens is 146 g/mol. The van der Waals surface area contributed by atoms with Crippen LogP contribution in [0.1, 0.15) is 5.56 Å². The minimum atomic E-state index is 0.486. The molecule has 0 aromatic heterocycles. The second kappa shape index (κ2) is 3.24. The molecule has 0 aliphatic heterocycles. The highest BCUT2D eigenvalue weighted by Gasteiger charge is 2.00. The Bertz CT molecular complexity index is 262. The van der Waals surface area contributed by atoms with Crippen LogP contribution in [0.15, 0.2) is 24.3 Å². The van der Waals surface area contributed by atoms with E-state index in [4.69, 9.17) is 18.2 Å². The molecule has 0 saturated carbocycles. The van der Waals surface area contributed by atoms with Crippen molar-refractivity contribution in [1.82, 2.24) is 0 Å². The summed E-state index contributed by atoms with van der Waals surface area (Å²) in [5, 5.41) is 0.719. The molecule has 0 radical (unpaired) electrons. The third-order valence-corrected chi connectivity index (χ3v) is 1.59. The van der Waals surface area contributed by atoms with E-state index < -0.39 is 0 Å². The largest absolute Gasteiger partial charge is 0.289 e. The normalized spacial score (nSPS) is 8.80. The first-order valence-corrected chi connectivity index (χ1v) is 3.32. The summed E-state index contributed by atoms with van der Waals surface area (Å²) in [6.45, 7) is 5.48. The Morgan fingerprint density at radius 3 is 2.70 bits per heavy atom. The van der Waals surface area contributed by atoms with Gasteiger partial charge in [-0.2, -0.15) is 0 Å². The van der Waals surface area contributed by atoms with Crippen LogP contribution in [0, 0.1) is 6.57 Å². The number of halogens is 1. The predicted molar refractivity (Wildman–Crippen MR) is 43.5 cm³/mol. The van der Waals surface area contributed by atoms with Crippen LogP contribution < -0.4 is 0 Å². The molecule has 50 valence electrons. The van der Waals surface area contributed by atoms with E-state index >= 15 is 0 Å². The summed E-state index contributed by atoms with van der Waals surface area (Å²) in [4.78, 5) is 3.48. The second-order valence-corrected chi connectivity index (χ2v) is 2.34. The topological polar surface area (TPSA) is 4.36 Å². The van der Waals surface area contributed by atoms with E-state index in [1.54, 1.807) is 0 Å². The number of rotatable bonds is 1. The van der Waals surface area contributed by atoms with Crippen molar-refractivity contribution in [2.45, 2.75) is 6.54 Å². The maximum absolute atomic E-state index is 5.79. The summed E-state index contributed by atoms with van der Waals surface area (Å²) < 4.78 is 0. The van der Waals surface area contributed by atoms with Crippen LogP contribution in [0.4, 0.5) is 0 Å². The van der Waals surface area contributed by atoms with Crippen LogP contribution in [0.2, 0.25) is 5.02 Å². The first-order valence-electron chi connectivity index (χ1n) is 2.94. The fraction of sp³-hybridized carbons (Fsp3) is 0.125. The third kappa shape index (κ3) is 1.49. The lowest BCUT2D eigenvalue weighted by atomic mass is 10.2. The minimum Gasteiger partial charge on any atom is -0.0837 e. The molecule has 0 aliphatic rings. The number of hydrogen-bond donors (Lipinski definition) is 0. The number of nitrogens with zero attached hydrogens (tertiary/aromatic N) is 1. The van der Waals surface area contributed by atoms with E-state index in [0.29, 0.717) is 6.54 Å². The molecule has 0 atom stereocenters. The van der Waals surface area contributed by atoms with E-state index in [9.17, 15) is 0 Å². The molecule has 1 aromatic carbocycles. The molecule has 0 amide bonds. The molecule has 0 N–H and O–H groups in total. The molecule has 0 heterocycles. The van der Waals surface area contributed by atoms with Crippen LogP contribution in [0.5, 0.6) is 0 Å². The average Bonchev–Trinajstić information content (AvgIpc) is 1.94. The Morgan fingerprint density at radius 1 is 1.40 bits per heavy atom. The molecule has 10 heavy (non-hydrogen) atoms. The lowest BCUT2D eigenvalue weighted by Crippen LogP contribution is -1.78. The maximum Gasteiger partial charge on any atom is 0.289 e. The van der Waals surface area contributed by atoms with Gasteiger partial charge in [-0.05, 0) is 12.1 Å². The van der Waals surface area contributed by atoms with Gasteiger partial charge in [0.25, 0.3) is 13.1 Å². The molecule has 1 aromatic rings. The van der Waals surface area contributed by atoms with E-state index in [-0.39, 0.29) is 0 Å². The monoisotopic (exact) mass is 152 g/mol. The zero-order chi connectivity index (χ0) is 7.40. The zero-order valence-corrected chi connectivity index (χ0v) is 6.17. The zero-order valence-electron chi connectivity index (χ0n) is 5.42. The van der Waals surface area contributed by atoms with Crippen LogP contribution in [0.3, 0.4) is 0 Å². The first-order chi connectivity index (χ1) is 4.84. The molecule has 0 saturated heterocycles. The number of hydrogen-bond acceptors (Lipinski definition) is 0. The summed E-state index contributed by atoms with van der Waals surface area (Å²) in [5.41, 5.74) is 0.965. The predicted octanol–water partition coefficient (Wildman–Crippen LogP) is 2.80. The van der Waals surface area contributed by atoms with E-state index in [1.165, 1.54) is 0 Å². The van der Waals surface area contributed by atoms with E-state index in [0.717, 1.165) is 10.6 Å². The van der Waals surface area contributed by atoms with Crippen molar-refractivity contribution < 1.29 is 0 Å². The van der Waals surface area contributed by atoms with E-state index in [1.807, 2.05) is 24.3 Å². The van der Waals surface area contributed by atoms with Crippen LogP contribution >= 0.6 is 11.6 Å². The maximum atomic E-state index is 5.79. The highest BCUT2D eigenvalue weighted by molar-refractivity contribution is 6.31. The van der Waals surface area contributed by atoms with Crippen molar-refractivity contribution in [3.63, 3.8) is 0 Å². The molecule has 0 bridgehead atoms. The van der Waals surface area contributed by atoms with Gasteiger partial charge >= 0.3 is 0 Å². The van der Waals surface area contributed by atoms with Gasteiger partial charge in [-0.3, -0.25) is 0 Å². The summed E-state index contributed by atoms with van der Waals surface area (Å²) in [6.07, 6.45) is 0. The highest BCUT2D eigenvalue weighted by Crippen LogP contribution is 2.15. The summed E-state index contributed by atoms with van der Waals surface area (Å²) in [6, 6.07) is 7.51. The van der Waals surface area contributed by atoms with Gasteiger partial charge in [0, 0.05) is 0 Å². The van der Waals surface area contributed by atoms with Gasteiger partial charge in [0.1, 0.15) is 0 Å². The molecule has 0 unspecified atom stereocenters. The Labute approximate surface area is 65.1 Å². The van der Waals surface area contributed by atoms with Gasteiger partial charge in [-0.15, -0.1) is 0 Å². The molecular formula is C8H7ClN+. The quantitative estimate of drug-likeness (QED) is 0.583. The Kier molecular flexibility index (Phi) is 2.30. The molecule has 0 aliphatic carbocycles. The molecule has 0 spiro atoms. The Morgan fingerprint density at radius 2 is 2.10 bits per heavy atom. The van der Waals surface area contributed by atoms with Gasteiger partial charge in [-0.1, -0.05) is 28.6 Å². The average molecular weight is 153 g/mol. The van der Waals surface area contributed by atoms with Crippen molar-refractivity contribution in [2.24, 2.45) is 0 Å². The van der Waals surface area contributed by atoms with Gasteiger partial charge in [0.05, 0.1) is 10.6 Å². The second-order valence-electron chi connectivity index (χ2n) is 1.93. The van der Waals surface area contributed by atoms with Crippen LogP contribution in [-0.2, 0) is 6.54 Å². The lowest BCUT2D eigenvalue weighted by molar-refractivity contribution is 1.27. The fourth-order valence-electron chi connectivity index (χ4n) is 0.725. The van der Waals surface area contributed by atoms with Gasteiger partial charge < -0.3 is 0 Å². The summed E-state index contributed by atoms with van der Waals surface area (Å²) >= 11 is 5.79. The first kappa shape index (κ1) is 7.11. The highest BCUT2D eigenvalue weighted by atomic mass is 35.5. The van der Waals surface area contributed by atoms with Crippen molar-refractivity contribution in [2.75, 3.05) is 0 Å². The van der Waals surface area contributed by atoms with Gasteiger partial charge in [0.15, 0.2) is 0 Å². The molecule has 1 rings (SSSR count). The lowest BCUT2D eigenvalue weighted by Gasteiger charge is -1.90.